The molecule has 0 aliphatic carbocycles. The number of thioether (sulfide) groups is 1. The molecule has 1 aromatic rings. The highest BCUT2D eigenvalue weighted by atomic mass is 32.2. The average Bonchev–Trinajstić information content (AvgIpc) is 2.52. The summed E-state index contributed by atoms with van der Waals surface area (Å²) in [5.41, 5.74) is 0. The summed E-state index contributed by atoms with van der Waals surface area (Å²) in [5.74, 6) is 0.0217. The highest BCUT2D eigenvalue weighted by molar-refractivity contribution is 7.99. The predicted molar refractivity (Wildman–Crippen MR) is 87.4 cm³/mol. The van der Waals surface area contributed by atoms with Gasteiger partial charge >= 0.3 is 5.97 Å². The summed E-state index contributed by atoms with van der Waals surface area (Å²) in [6.45, 7) is 3.73. The Morgan fingerprint density at radius 3 is 2.64 bits per heavy atom. The molecule has 1 aromatic carbocycles. The first-order valence-electron chi connectivity index (χ1n) is 7.27. The second kappa shape index (κ2) is 9.35. The number of nitrogens with one attached hydrogen (secondary N) is 1. The molecule has 22 heavy (non-hydrogen) atoms. The molecule has 0 saturated heterocycles. The zero-order chi connectivity index (χ0) is 16.5. The van der Waals surface area contributed by atoms with Crippen LogP contribution in [0.25, 0.3) is 0 Å². The molecule has 6 heteroatoms. The summed E-state index contributed by atoms with van der Waals surface area (Å²) in [5, 5.41) is 11.8. The van der Waals surface area contributed by atoms with Crippen LogP contribution in [0.3, 0.4) is 0 Å². The van der Waals surface area contributed by atoms with Gasteiger partial charge < -0.3 is 15.2 Å². The van der Waals surface area contributed by atoms with Gasteiger partial charge in [-0.1, -0.05) is 32.4 Å². The predicted octanol–water partition coefficient (Wildman–Crippen LogP) is 2.79. The summed E-state index contributed by atoms with van der Waals surface area (Å²) in [6.07, 6.45) is 0.968. The van der Waals surface area contributed by atoms with Crippen LogP contribution in [0.2, 0.25) is 0 Å². The molecular formula is C16H23NO4S. The van der Waals surface area contributed by atoms with Gasteiger partial charge in [-0.05, 0) is 18.1 Å². The van der Waals surface area contributed by atoms with Crippen molar-refractivity contribution in [1.29, 1.82) is 0 Å². The third-order valence-electron chi connectivity index (χ3n) is 3.45. The van der Waals surface area contributed by atoms with Crippen LogP contribution in [-0.2, 0) is 9.59 Å². The Morgan fingerprint density at radius 1 is 1.36 bits per heavy atom. The van der Waals surface area contributed by atoms with Crippen molar-refractivity contribution >= 4 is 23.6 Å². The molecule has 2 atom stereocenters. The van der Waals surface area contributed by atoms with Gasteiger partial charge in [-0.15, -0.1) is 11.8 Å². The number of para-hydroxylation sites is 1. The van der Waals surface area contributed by atoms with Gasteiger partial charge in [0.1, 0.15) is 11.8 Å². The monoisotopic (exact) mass is 325 g/mol. The minimum atomic E-state index is -0.986. The Hall–Kier alpha value is -1.69. The van der Waals surface area contributed by atoms with Crippen LogP contribution in [0, 0.1) is 5.92 Å². The Kier molecular flexibility index (Phi) is 7.80. The minimum absolute atomic E-state index is 0.0941. The lowest BCUT2D eigenvalue weighted by atomic mass is 9.99. The van der Waals surface area contributed by atoms with Gasteiger partial charge in [-0.3, -0.25) is 4.79 Å². The molecule has 0 heterocycles. The van der Waals surface area contributed by atoms with E-state index in [9.17, 15) is 9.59 Å². The number of ether oxygens (including phenoxy) is 1. The molecule has 0 aliphatic rings. The van der Waals surface area contributed by atoms with Crippen molar-refractivity contribution in [2.45, 2.75) is 37.6 Å². The van der Waals surface area contributed by atoms with E-state index in [1.807, 2.05) is 38.1 Å². The second-order valence-corrected chi connectivity index (χ2v) is 6.16. The SMILES string of the molecule is CCC(C)C(NC(=O)CCSc1ccccc1OC)C(=O)O. The highest BCUT2D eigenvalue weighted by Gasteiger charge is 2.24. The molecule has 0 radical (unpaired) electrons. The normalized spacial score (nSPS) is 13.2. The molecule has 2 N–H and O–H groups in total. The fourth-order valence-electron chi connectivity index (χ4n) is 1.92. The van der Waals surface area contributed by atoms with Gasteiger partial charge in [0.25, 0.3) is 0 Å². The first kappa shape index (κ1) is 18.4. The molecule has 0 spiro atoms. The van der Waals surface area contributed by atoms with Crippen LogP contribution in [0.5, 0.6) is 5.75 Å². The Labute approximate surface area is 135 Å². The number of hydrogen-bond acceptors (Lipinski definition) is 4. The van der Waals surface area contributed by atoms with E-state index in [1.165, 1.54) is 11.8 Å². The molecule has 0 fully saturated rings. The van der Waals surface area contributed by atoms with E-state index in [0.717, 1.165) is 10.6 Å². The summed E-state index contributed by atoms with van der Waals surface area (Å²) in [4.78, 5) is 24.0. The largest absolute Gasteiger partial charge is 0.496 e. The van der Waals surface area contributed by atoms with Crippen molar-refractivity contribution < 1.29 is 19.4 Å². The molecular weight excluding hydrogens is 302 g/mol. The van der Waals surface area contributed by atoms with Crippen LogP contribution in [0.1, 0.15) is 26.7 Å². The number of methoxy groups -OCH3 is 1. The second-order valence-electron chi connectivity index (χ2n) is 5.02. The van der Waals surface area contributed by atoms with E-state index < -0.39 is 12.0 Å². The maximum atomic E-state index is 11.9. The lowest BCUT2D eigenvalue weighted by molar-refractivity contribution is -0.143. The molecule has 0 saturated carbocycles. The van der Waals surface area contributed by atoms with Crippen molar-refractivity contribution in [2.75, 3.05) is 12.9 Å². The van der Waals surface area contributed by atoms with Crippen LogP contribution in [-0.4, -0.2) is 35.9 Å². The summed E-state index contributed by atoms with van der Waals surface area (Å²) >= 11 is 1.52. The van der Waals surface area contributed by atoms with Crippen LogP contribution in [0.4, 0.5) is 0 Å². The smallest absolute Gasteiger partial charge is 0.326 e. The maximum absolute atomic E-state index is 11.9. The van der Waals surface area contributed by atoms with E-state index in [2.05, 4.69) is 5.32 Å². The van der Waals surface area contributed by atoms with E-state index in [-0.39, 0.29) is 18.2 Å². The zero-order valence-electron chi connectivity index (χ0n) is 13.2. The number of carboxylic acids is 1. The fourth-order valence-corrected chi connectivity index (χ4v) is 2.90. The van der Waals surface area contributed by atoms with Gasteiger partial charge in [-0.25, -0.2) is 4.79 Å². The molecule has 122 valence electrons. The standard InChI is InChI=1S/C16H23NO4S/c1-4-11(2)15(16(19)20)17-14(18)9-10-22-13-8-6-5-7-12(13)21-3/h5-8,11,15H,4,9-10H2,1-3H3,(H,17,18)(H,19,20). The molecule has 0 aromatic heterocycles. The highest BCUT2D eigenvalue weighted by Crippen LogP contribution is 2.28. The number of benzene rings is 1. The number of rotatable bonds is 9. The molecule has 5 nitrogen and oxygen atoms in total. The van der Waals surface area contributed by atoms with Crippen LogP contribution < -0.4 is 10.1 Å². The molecule has 1 rings (SSSR count). The first-order valence-corrected chi connectivity index (χ1v) is 8.26. The zero-order valence-corrected chi connectivity index (χ0v) is 14.0. The van der Waals surface area contributed by atoms with Crippen molar-refractivity contribution in [3.63, 3.8) is 0 Å². The Balaban J connectivity index is 2.47. The van der Waals surface area contributed by atoms with E-state index in [0.29, 0.717) is 12.2 Å². The first-order chi connectivity index (χ1) is 10.5. The molecule has 2 unspecified atom stereocenters. The van der Waals surface area contributed by atoms with Gasteiger partial charge in [0, 0.05) is 17.1 Å². The summed E-state index contributed by atoms with van der Waals surface area (Å²) < 4.78 is 5.25. The topological polar surface area (TPSA) is 75.6 Å². The lowest BCUT2D eigenvalue weighted by Gasteiger charge is -2.20. The summed E-state index contributed by atoms with van der Waals surface area (Å²) in [7, 11) is 1.61. The van der Waals surface area contributed by atoms with Gasteiger partial charge in [0.05, 0.1) is 7.11 Å². The number of carbonyl (C=O) groups is 2. The molecule has 0 bridgehead atoms. The fraction of sp³-hybridized carbons (Fsp3) is 0.500. The van der Waals surface area contributed by atoms with Crippen molar-refractivity contribution in [3.05, 3.63) is 24.3 Å². The quantitative estimate of drug-likeness (QED) is 0.683. The van der Waals surface area contributed by atoms with E-state index in [1.54, 1.807) is 7.11 Å². The van der Waals surface area contributed by atoms with Gasteiger partial charge in [0.2, 0.25) is 5.91 Å². The number of hydrogen-bond donors (Lipinski definition) is 2. The third kappa shape index (κ3) is 5.60. The van der Waals surface area contributed by atoms with Crippen LogP contribution >= 0.6 is 11.8 Å². The molecule has 0 aliphatic heterocycles. The van der Waals surface area contributed by atoms with Crippen molar-refractivity contribution in [3.8, 4) is 5.75 Å². The van der Waals surface area contributed by atoms with E-state index >= 15 is 0 Å². The van der Waals surface area contributed by atoms with Crippen LogP contribution in [0.15, 0.2) is 29.2 Å². The minimum Gasteiger partial charge on any atom is -0.496 e. The third-order valence-corrected chi connectivity index (χ3v) is 4.51. The summed E-state index contributed by atoms with van der Waals surface area (Å²) in [6, 6.07) is 6.77. The van der Waals surface area contributed by atoms with E-state index in [4.69, 9.17) is 9.84 Å². The Bertz CT molecular complexity index is 507. The number of carbonyl (C=O) groups excluding carboxylic acids is 1. The molecule has 1 amide bonds. The number of aliphatic carboxylic acids is 1. The maximum Gasteiger partial charge on any atom is 0.326 e. The number of carboxylic acid groups (broad SMARTS) is 1. The Morgan fingerprint density at radius 2 is 2.05 bits per heavy atom. The van der Waals surface area contributed by atoms with Gasteiger partial charge in [-0.2, -0.15) is 0 Å². The lowest BCUT2D eigenvalue weighted by Crippen LogP contribution is -2.45. The van der Waals surface area contributed by atoms with Crippen molar-refractivity contribution in [2.24, 2.45) is 5.92 Å². The number of amides is 1. The average molecular weight is 325 g/mol. The van der Waals surface area contributed by atoms with Crippen molar-refractivity contribution in [1.82, 2.24) is 5.32 Å². The van der Waals surface area contributed by atoms with Gasteiger partial charge in [0.15, 0.2) is 0 Å².